The molecule has 2 unspecified atom stereocenters. The standard InChI is InChI=1S/C17H18N4O4/c1-19-14(22)7-6-13(18-19)17(25)20-8-10(9-20)21-15(23)11-4-2-3-5-12(11)16(21)24/h2-3,6-7,10-12H,4-5,8-9H2,1H3. The molecule has 130 valence electrons. The SMILES string of the molecule is Cn1nc(C(=O)N2CC(N3C(=O)C4CC=CCC4C3=O)C2)ccc1=O. The van der Waals surface area contributed by atoms with Crippen LogP contribution in [-0.4, -0.2) is 56.4 Å². The molecular weight excluding hydrogens is 324 g/mol. The minimum absolute atomic E-state index is 0.114. The van der Waals surface area contributed by atoms with Crippen molar-refractivity contribution in [3.05, 3.63) is 40.3 Å². The zero-order valence-corrected chi connectivity index (χ0v) is 13.8. The van der Waals surface area contributed by atoms with Crippen molar-refractivity contribution < 1.29 is 14.4 Å². The monoisotopic (exact) mass is 342 g/mol. The highest BCUT2D eigenvalue weighted by molar-refractivity contribution is 6.06. The number of hydrogen-bond acceptors (Lipinski definition) is 5. The predicted molar refractivity (Wildman–Crippen MR) is 86.4 cm³/mol. The molecule has 25 heavy (non-hydrogen) atoms. The summed E-state index contributed by atoms with van der Waals surface area (Å²) >= 11 is 0. The van der Waals surface area contributed by atoms with Crippen LogP contribution in [0.4, 0.5) is 0 Å². The highest BCUT2D eigenvalue weighted by atomic mass is 16.2. The second-order valence-electron chi connectivity index (χ2n) is 6.75. The largest absolute Gasteiger partial charge is 0.333 e. The summed E-state index contributed by atoms with van der Waals surface area (Å²) in [6.07, 6.45) is 5.14. The van der Waals surface area contributed by atoms with Gasteiger partial charge in [0.05, 0.1) is 17.9 Å². The number of carbonyl (C=O) groups is 3. The third-order valence-corrected chi connectivity index (χ3v) is 5.24. The summed E-state index contributed by atoms with van der Waals surface area (Å²) < 4.78 is 1.11. The summed E-state index contributed by atoms with van der Waals surface area (Å²) in [6, 6.07) is 2.43. The Balaban J connectivity index is 1.44. The third kappa shape index (κ3) is 2.40. The predicted octanol–water partition coefficient (Wildman–Crippen LogP) is -0.444. The van der Waals surface area contributed by atoms with Crippen molar-refractivity contribution in [3.63, 3.8) is 0 Å². The van der Waals surface area contributed by atoms with E-state index in [4.69, 9.17) is 0 Å². The van der Waals surface area contributed by atoms with E-state index in [-0.39, 0.29) is 46.9 Å². The number of allylic oxidation sites excluding steroid dienone is 2. The van der Waals surface area contributed by atoms with Gasteiger partial charge in [0.1, 0.15) is 5.69 Å². The lowest BCUT2D eigenvalue weighted by Gasteiger charge is -2.42. The minimum Gasteiger partial charge on any atom is -0.333 e. The Morgan fingerprint density at radius 2 is 1.64 bits per heavy atom. The summed E-state index contributed by atoms with van der Waals surface area (Å²) in [4.78, 5) is 51.7. The van der Waals surface area contributed by atoms with E-state index < -0.39 is 0 Å². The van der Waals surface area contributed by atoms with E-state index in [1.54, 1.807) is 0 Å². The Bertz CT molecular complexity index is 826. The van der Waals surface area contributed by atoms with Gasteiger partial charge in [-0.15, -0.1) is 0 Å². The van der Waals surface area contributed by atoms with Crippen molar-refractivity contribution in [1.82, 2.24) is 19.6 Å². The number of aromatic nitrogens is 2. The van der Waals surface area contributed by atoms with E-state index in [0.29, 0.717) is 25.9 Å². The molecule has 0 saturated carbocycles. The zero-order valence-electron chi connectivity index (χ0n) is 13.8. The molecule has 4 rings (SSSR count). The first-order valence-corrected chi connectivity index (χ1v) is 8.33. The van der Waals surface area contributed by atoms with Crippen LogP contribution in [0.3, 0.4) is 0 Å². The fourth-order valence-corrected chi connectivity index (χ4v) is 3.75. The number of fused-ring (bicyclic) bond motifs is 1. The van der Waals surface area contributed by atoms with Gasteiger partial charge in [0, 0.05) is 26.2 Å². The minimum atomic E-state index is -0.301. The summed E-state index contributed by atoms with van der Waals surface area (Å²) in [5, 5.41) is 3.94. The smallest absolute Gasteiger partial charge is 0.274 e. The van der Waals surface area contributed by atoms with Crippen molar-refractivity contribution in [2.45, 2.75) is 18.9 Å². The summed E-state index contributed by atoms with van der Waals surface area (Å²) in [5.41, 5.74) is -0.111. The molecule has 3 amide bonds. The Morgan fingerprint density at radius 1 is 1.04 bits per heavy atom. The van der Waals surface area contributed by atoms with Gasteiger partial charge >= 0.3 is 0 Å². The summed E-state index contributed by atoms with van der Waals surface area (Å²) in [6.45, 7) is 0.626. The average molecular weight is 342 g/mol. The molecule has 2 atom stereocenters. The topological polar surface area (TPSA) is 92.6 Å². The van der Waals surface area contributed by atoms with Gasteiger partial charge in [0.25, 0.3) is 11.5 Å². The molecule has 0 bridgehead atoms. The average Bonchev–Trinajstić information content (AvgIpc) is 2.81. The molecule has 1 aromatic heterocycles. The van der Waals surface area contributed by atoms with Crippen molar-refractivity contribution in [3.8, 4) is 0 Å². The molecule has 3 heterocycles. The van der Waals surface area contributed by atoms with Gasteiger partial charge in [-0.05, 0) is 18.9 Å². The zero-order chi connectivity index (χ0) is 17.7. The number of nitrogens with zero attached hydrogens (tertiary/aromatic N) is 4. The number of imide groups is 1. The Hall–Kier alpha value is -2.77. The maximum Gasteiger partial charge on any atom is 0.274 e. The fourth-order valence-electron chi connectivity index (χ4n) is 3.75. The van der Waals surface area contributed by atoms with Gasteiger partial charge in [0.2, 0.25) is 11.8 Å². The van der Waals surface area contributed by atoms with Crippen LogP contribution in [0.25, 0.3) is 0 Å². The van der Waals surface area contributed by atoms with Gasteiger partial charge in [-0.25, -0.2) is 4.68 Å². The summed E-state index contributed by atoms with van der Waals surface area (Å²) in [7, 11) is 1.48. The van der Waals surface area contributed by atoms with Crippen LogP contribution in [0.1, 0.15) is 23.3 Å². The maximum absolute atomic E-state index is 12.5. The van der Waals surface area contributed by atoms with Crippen LogP contribution in [0.5, 0.6) is 0 Å². The van der Waals surface area contributed by atoms with Crippen LogP contribution in [-0.2, 0) is 16.6 Å². The Morgan fingerprint density at radius 3 is 2.20 bits per heavy atom. The normalized spacial score (nSPS) is 26.0. The number of likely N-dealkylation sites (tertiary alicyclic amines) is 2. The summed E-state index contributed by atoms with van der Waals surface area (Å²) in [5.74, 6) is -1.02. The molecule has 2 saturated heterocycles. The van der Waals surface area contributed by atoms with E-state index in [1.165, 1.54) is 29.0 Å². The molecule has 0 N–H and O–H groups in total. The van der Waals surface area contributed by atoms with Crippen LogP contribution < -0.4 is 5.56 Å². The first-order chi connectivity index (χ1) is 12.0. The van der Waals surface area contributed by atoms with Gasteiger partial charge in [0.15, 0.2) is 0 Å². The van der Waals surface area contributed by atoms with E-state index >= 15 is 0 Å². The first-order valence-electron chi connectivity index (χ1n) is 8.33. The molecule has 1 aliphatic carbocycles. The molecule has 0 radical (unpaired) electrons. The first kappa shape index (κ1) is 15.7. The molecule has 1 aromatic rings. The second kappa shape index (κ2) is 5.65. The van der Waals surface area contributed by atoms with Crippen LogP contribution in [0.2, 0.25) is 0 Å². The highest BCUT2D eigenvalue weighted by Gasteiger charge is 2.52. The lowest BCUT2D eigenvalue weighted by atomic mass is 9.85. The molecule has 0 aromatic carbocycles. The molecule has 0 spiro atoms. The third-order valence-electron chi connectivity index (χ3n) is 5.24. The van der Waals surface area contributed by atoms with Crippen LogP contribution in [0.15, 0.2) is 29.1 Å². The molecule has 2 fully saturated rings. The van der Waals surface area contributed by atoms with Gasteiger partial charge in [-0.3, -0.25) is 24.1 Å². The van der Waals surface area contributed by atoms with Crippen molar-refractivity contribution in [2.75, 3.05) is 13.1 Å². The van der Waals surface area contributed by atoms with E-state index in [9.17, 15) is 19.2 Å². The number of amides is 3. The Labute approximate surface area is 143 Å². The Kier molecular flexibility index (Phi) is 3.55. The van der Waals surface area contributed by atoms with Gasteiger partial charge in [-0.1, -0.05) is 12.2 Å². The molecule has 2 aliphatic heterocycles. The van der Waals surface area contributed by atoms with Crippen molar-refractivity contribution in [2.24, 2.45) is 18.9 Å². The lowest BCUT2D eigenvalue weighted by molar-refractivity contribution is -0.145. The second-order valence-corrected chi connectivity index (χ2v) is 6.75. The fraction of sp³-hybridized carbons (Fsp3) is 0.471. The quantitative estimate of drug-likeness (QED) is 0.536. The lowest BCUT2D eigenvalue weighted by Crippen LogP contribution is -2.62. The number of hydrogen-bond donors (Lipinski definition) is 0. The molecule has 8 heteroatoms. The van der Waals surface area contributed by atoms with Crippen molar-refractivity contribution >= 4 is 17.7 Å². The molecule has 3 aliphatic rings. The van der Waals surface area contributed by atoms with Crippen LogP contribution in [0, 0.1) is 11.8 Å². The molecule has 8 nitrogen and oxygen atoms in total. The maximum atomic E-state index is 12.5. The van der Waals surface area contributed by atoms with E-state index in [2.05, 4.69) is 5.10 Å². The van der Waals surface area contributed by atoms with Crippen molar-refractivity contribution in [1.29, 1.82) is 0 Å². The molecular formula is C17H18N4O4. The number of aryl methyl sites for hydroxylation is 1. The number of rotatable bonds is 2. The van der Waals surface area contributed by atoms with E-state index in [1.807, 2.05) is 12.2 Å². The number of carbonyl (C=O) groups excluding carboxylic acids is 3. The van der Waals surface area contributed by atoms with Crippen LogP contribution >= 0.6 is 0 Å². The van der Waals surface area contributed by atoms with E-state index in [0.717, 1.165) is 4.68 Å². The highest BCUT2D eigenvalue weighted by Crippen LogP contribution is 2.37. The van der Waals surface area contributed by atoms with Gasteiger partial charge < -0.3 is 4.90 Å². The van der Waals surface area contributed by atoms with Gasteiger partial charge in [-0.2, -0.15) is 5.10 Å².